The van der Waals surface area contributed by atoms with E-state index in [1.54, 1.807) is 11.3 Å². The molecular formula is C11H19N3S. The third-order valence-electron chi connectivity index (χ3n) is 2.91. The molecule has 0 aliphatic carbocycles. The summed E-state index contributed by atoms with van der Waals surface area (Å²) in [5.74, 6) is 0. The van der Waals surface area contributed by atoms with E-state index in [4.69, 9.17) is 0 Å². The van der Waals surface area contributed by atoms with Gasteiger partial charge < -0.3 is 0 Å². The molecule has 1 aliphatic heterocycles. The highest BCUT2D eigenvalue weighted by Gasteiger charge is 2.16. The molecule has 1 fully saturated rings. The van der Waals surface area contributed by atoms with E-state index >= 15 is 0 Å². The molecule has 1 saturated heterocycles. The summed E-state index contributed by atoms with van der Waals surface area (Å²) in [5.41, 5.74) is 6.66. The molecule has 1 aromatic rings. The number of hydrogen-bond acceptors (Lipinski definition) is 4. The lowest BCUT2D eigenvalue weighted by Crippen LogP contribution is -2.42. The Bertz CT molecular complexity index is 305. The number of piperidine rings is 1. The summed E-state index contributed by atoms with van der Waals surface area (Å²) >= 11 is 1.75. The molecule has 4 heteroatoms. The van der Waals surface area contributed by atoms with Gasteiger partial charge in [0.1, 0.15) is 0 Å². The van der Waals surface area contributed by atoms with Gasteiger partial charge in [-0.2, -0.15) is 0 Å². The Morgan fingerprint density at radius 3 is 2.73 bits per heavy atom. The molecule has 0 amide bonds. The number of hydrogen-bond donors (Lipinski definition) is 1. The summed E-state index contributed by atoms with van der Waals surface area (Å²) in [4.78, 5) is 5.65. The molecule has 84 valence electrons. The fourth-order valence-corrected chi connectivity index (χ4v) is 2.89. The van der Waals surface area contributed by atoms with Crippen molar-refractivity contribution in [2.45, 2.75) is 39.2 Å². The Labute approximate surface area is 95.5 Å². The van der Waals surface area contributed by atoms with E-state index < -0.39 is 0 Å². The zero-order valence-electron chi connectivity index (χ0n) is 9.49. The van der Waals surface area contributed by atoms with Crippen molar-refractivity contribution in [2.24, 2.45) is 0 Å². The first-order valence-electron chi connectivity index (χ1n) is 5.68. The van der Waals surface area contributed by atoms with Crippen LogP contribution in [0.15, 0.2) is 5.51 Å². The number of rotatable bonds is 3. The first-order chi connectivity index (χ1) is 7.27. The number of aromatic nitrogens is 1. The van der Waals surface area contributed by atoms with Crippen LogP contribution in [-0.4, -0.2) is 23.1 Å². The number of aryl methyl sites for hydroxylation is 1. The smallest absolute Gasteiger partial charge is 0.0798 e. The van der Waals surface area contributed by atoms with Crippen LogP contribution in [0.5, 0.6) is 0 Å². The fourth-order valence-electron chi connectivity index (χ4n) is 2.08. The highest BCUT2D eigenvalue weighted by molar-refractivity contribution is 7.09. The quantitative estimate of drug-likeness (QED) is 0.856. The number of thiazole rings is 1. The topological polar surface area (TPSA) is 28.2 Å². The standard InChI is InChI=1S/C11H19N3S/c1-9-11(15-8-12-9)10(2)13-14-6-4-3-5-7-14/h8,10,13H,3-7H2,1-2H3. The molecule has 0 spiro atoms. The lowest BCUT2D eigenvalue weighted by molar-refractivity contribution is 0.134. The van der Waals surface area contributed by atoms with Crippen molar-refractivity contribution < 1.29 is 0 Å². The van der Waals surface area contributed by atoms with Gasteiger partial charge in [0.15, 0.2) is 0 Å². The molecule has 0 bridgehead atoms. The lowest BCUT2D eigenvalue weighted by atomic mass is 10.1. The van der Waals surface area contributed by atoms with Crippen LogP contribution in [0.2, 0.25) is 0 Å². The second kappa shape index (κ2) is 5.05. The van der Waals surface area contributed by atoms with Gasteiger partial charge in [-0.25, -0.2) is 15.4 Å². The van der Waals surface area contributed by atoms with Crippen LogP contribution in [0, 0.1) is 6.92 Å². The maximum absolute atomic E-state index is 4.29. The van der Waals surface area contributed by atoms with Crippen LogP contribution in [0.25, 0.3) is 0 Å². The molecule has 2 heterocycles. The molecule has 1 aliphatic rings. The van der Waals surface area contributed by atoms with Gasteiger partial charge >= 0.3 is 0 Å². The highest BCUT2D eigenvalue weighted by atomic mass is 32.1. The summed E-state index contributed by atoms with van der Waals surface area (Å²) < 4.78 is 0. The van der Waals surface area contributed by atoms with Gasteiger partial charge in [0.05, 0.1) is 17.2 Å². The third kappa shape index (κ3) is 2.77. The summed E-state index contributed by atoms with van der Waals surface area (Å²) in [5, 5.41) is 2.35. The predicted molar refractivity (Wildman–Crippen MR) is 63.8 cm³/mol. The predicted octanol–water partition coefficient (Wildman–Crippen LogP) is 2.50. The van der Waals surface area contributed by atoms with Crippen molar-refractivity contribution in [1.82, 2.24) is 15.4 Å². The fraction of sp³-hybridized carbons (Fsp3) is 0.727. The molecule has 0 saturated carbocycles. The Kier molecular flexibility index (Phi) is 3.72. The van der Waals surface area contributed by atoms with Crippen LogP contribution in [0.1, 0.15) is 42.8 Å². The molecule has 2 rings (SSSR count). The molecule has 15 heavy (non-hydrogen) atoms. The lowest BCUT2D eigenvalue weighted by Gasteiger charge is -2.30. The first-order valence-corrected chi connectivity index (χ1v) is 6.56. The second-order valence-corrected chi connectivity index (χ2v) is 5.09. The minimum Gasteiger partial charge on any atom is -0.250 e. The van der Waals surface area contributed by atoms with E-state index in [9.17, 15) is 0 Å². The average molecular weight is 225 g/mol. The molecule has 1 N–H and O–H groups in total. The minimum absolute atomic E-state index is 0.399. The average Bonchev–Trinajstić information content (AvgIpc) is 2.66. The monoisotopic (exact) mass is 225 g/mol. The summed E-state index contributed by atoms with van der Waals surface area (Å²) in [6.07, 6.45) is 4.02. The maximum atomic E-state index is 4.29. The molecule has 0 radical (unpaired) electrons. The van der Waals surface area contributed by atoms with Crippen molar-refractivity contribution >= 4 is 11.3 Å². The Balaban J connectivity index is 1.91. The zero-order valence-corrected chi connectivity index (χ0v) is 10.3. The summed E-state index contributed by atoms with van der Waals surface area (Å²) in [6.45, 7) is 6.67. The van der Waals surface area contributed by atoms with E-state index in [0.29, 0.717) is 6.04 Å². The van der Waals surface area contributed by atoms with Crippen molar-refractivity contribution in [2.75, 3.05) is 13.1 Å². The number of hydrazine groups is 1. The second-order valence-electron chi connectivity index (χ2n) is 4.20. The maximum Gasteiger partial charge on any atom is 0.0798 e. The van der Waals surface area contributed by atoms with Gasteiger partial charge in [-0.3, -0.25) is 0 Å². The molecule has 1 atom stereocenters. The number of nitrogens with one attached hydrogen (secondary N) is 1. The third-order valence-corrected chi connectivity index (χ3v) is 4.02. The summed E-state index contributed by atoms with van der Waals surface area (Å²) in [7, 11) is 0. The van der Waals surface area contributed by atoms with E-state index in [0.717, 1.165) is 5.69 Å². The minimum atomic E-state index is 0.399. The van der Waals surface area contributed by atoms with Crippen molar-refractivity contribution in [3.05, 3.63) is 16.1 Å². The summed E-state index contributed by atoms with van der Waals surface area (Å²) in [6, 6.07) is 0.399. The van der Waals surface area contributed by atoms with Gasteiger partial charge in [0.25, 0.3) is 0 Å². The Morgan fingerprint density at radius 1 is 1.40 bits per heavy atom. The van der Waals surface area contributed by atoms with Crippen LogP contribution in [-0.2, 0) is 0 Å². The van der Waals surface area contributed by atoms with Crippen molar-refractivity contribution in [3.63, 3.8) is 0 Å². The van der Waals surface area contributed by atoms with Crippen molar-refractivity contribution in [1.29, 1.82) is 0 Å². The van der Waals surface area contributed by atoms with Gasteiger partial charge in [0, 0.05) is 18.0 Å². The van der Waals surface area contributed by atoms with Crippen LogP contribution in [0.4, 0.5) is 0 Å². The van der Waals surface area contributed by atoms with Gasteiger partial charge in [-0.15, -0.1) is 11.3 Å². The van der Waals surface area contributed by atoms with Crippen LogP contribution in [0.3, 0.4) is 0 Å². The molecular weight excluding hydrogens is 206 g/mol. The molecule has 0 aromatic carbocycles. The van der Waals surface area contributed by atoms with E-state index in [1.807, 2.05) is 5.51 Å². The Morgan fingerprint density at radius 2 is 2.13 bits per heavy atom. The van der Waals surface area contributed by atoms with Gasteiger partial charge in [-0.1, -0.05) is 6.42 Å². The van der Waals surface area contributed by atoms with Gasteiger partial charge in [0.2, 0.25) is 0 Å². The largest absolute Gasteiger partial charge is 0.250 e. The number of nitrogens with zero attached hydrogens (tertiary/aromatic N) is 2. The Hall–Kier alpha value is -0.450. The SMILES string of the molecule is Cc1ncsc1C(C)NN1CCCCC1. The van der Waals surface area contributed by atoms with E-state index in [2.05, 4.69) is 29.3 Å². The van der Waals surface area contributed by atoms with Crippen LogP contribution >= 0.6 is 11.3 Å². The highest BCUT2D eigenvalue weighted by Crippen LogP contribution is 2.22. The van der Waals surface area contributed by atoms with Gasteiger partial charge in [-0.05, 0) is 26.7 Å². The normalized spacial score (nSPS) is 20.4. The van der Waals surface area contributed by atoms with Crippen molar-refractivity contribution in [3.8, 4) is 0 Å². The first kappa shape index (κ1) is 11.0. The van der Waals surface area contributed by atoms with E-state index in [-0.39, 0.29) is 0 Å². The molecule has 1 unspecified atom stereocenters. The molecule has 3 nitrogen and oxygen atoms in total. The van der Waals surface area contributed by atoms with E-state index in [1.165, 1.54) is 37.2 Å². The zero-order chi connectivity index (χ0) is 10.7. The van der Waals surface area contributed by atoms with Crippen LogP contribution < -0.4 is 5.43 Å². The molecule has 1 aromatic heterocycles.